The van der Waals surface area contributed by atoms with Crippen LogP contribution in [0.15, 0.2) is 6.07 Å². The summed E-state index contributed by atoms with van der Waals surface area (Å²) in [5.74, 6) is 0. The number of hydrogen-bond acceptors (Lipinski definition) is 2. The van der Waals surface area contributed by atoms with E-state index in [-0.39, 0.29) is 0 Å². The number of fused-ring (bicyclic) bond motifs is 1. The normalized spacial score (nSPS) is 28.9. The van der Waals surface area contributed by atoms with Gasteiger partial charge in [-0.15, -0.1) is 0 Å². The molecule has 0 aromatic carbocycles. The first-order valence-corrected chi connectivity index (χ1v) is 4.86. The summed E-state index contributed by atoms with van der Waals surface area (Å²) >= 11 is 0. The Bertz CT molecular complexity index is 316. The molecule has 0 aliphatic carbocycles. The highest BCUT2D eigenvalue weighted by atomic mass is 15.4. The van der Waals surface area contributed by atoms with E-state index in [1.165, 1.54) is 5.69 Å². The number of hydrogen-bond donors (Lipinski definition) is 0. The molecule has 2 rings (SSSR count). The fourth-order valence-electron chi connectivity index (χ4n) is 2.02. The van der Waals surface area contributed by atoms with E-state index in [1.807, 2.05) is 0 Å². The standard InChI is InChI=1S/C10H17N3/c1-7-5-10-9(3)12(4)8(2)6-13(10)11-7/h5,8-9H,6H2,1-4H3. The van der Waals surface area contributed by atoms with Crippen molar-refractivity contribution in [2.45, 2.75) is 39.4 Å². The molecule has 0 bridgehead atoms. The molecule has 1 aliphatic rings. The van der Waals surface area contributed by atoms with Crippen LogP contribution in [0.3, 0.4) is 0 Å². The third-order valence-electron chi connectivity index (χ3n) is 3.10. The molecule has 0 saturated carbocycles. The van der Waals surface area contributed by atoms with Gasteiger partial charge in [-0.3, -0.25) is 9.58 Å². The lowest BCUT2D eigenvalue weighted by Crippen LogP contribution is -2.40. The predicted octanol–water partition coefficient (Wildman–Crippen LogP) is 1.59. The summed E-state index contributed by atoms with van der Waals surface area (Å²) in [4.78, 5) is 2.40. The highest BCUT2D eigenvalue weighted by Gasteiger charge is 2.26. The van der Waals surface area contributed by atoms with Gasteiger partial charge in [-0.25, -0.2) is 0 Å². The molecule has 2 heterocycles. The predicted molar refractivity (Wildman–Crippen MR) is 52.6 cm³/mol. The third kappa shape index (κ3) is 1.27. The van der Waals surface area contributed by atoms with E-state index in [1.54, 1.807) is 0 Å². The van der Waals surface area contributed by atoms with Crippen LogP contribution in [-0.2, 0) is 6.54 Å². The highest BCUT2D eigenvalue weighted by molar-refractivity contribution is 5.15. The van der Waals surface area contributed by atoms with Crippen molar-refractivity contribution in [1.82, 2.24) is 14.7 Å². The second kappa shape index (κ2) is 2.84. The van der Waals surface area contributed by atoms with Gasteiger partial charge < -0.3 is 0 Å². The Morgan fingerprint density at radius 1 is 1.46 bits per heavy atom. The second-order valence-corrected chi connectivity index (χ2v) is 4.08. The Kier molecular flexibility index (Phi) is 1.91. The number of nitrogens with zero attached hydrogens (tertiary/aromatic N) is 3. The zero-order valence-electron chi connectivity index (χ0n) is 8.78. The summed E-state index contributed by atoms with van der Waals surface area (Å²) in [6.45, 7) is 7.56. The van der Waals surface area contributed by atoms with Crippen LogP contribution in [-0.4, -0.2) is 27.8 Å². The maximum absolute atomic E-state index is 4.48. The first-order valence-electron chi connectivity index (χ1n) is 4.86. The lowest BCUT2D eigenvalue weighted by atomic mass is 10.1. The molecule has 0 fully saturated rings. The van der Waals surface area contributed by atoms with Crippen molar-refractivity contribution < 1.29 is 0 Å². The third-order valence-corrected chi connectivity index (χ3v) is 3.10. The fraction of sp³-hybridized carbons (Fsp3) is 0.700. The maximum Gasteiger partial charge on any atom is 0.0597 e. The van der Waals surface area contributed by atoms with Gasteiger partial charge >= 0.3 is 0 Å². The van der Waals surface area contributed by atoms with Crippen LogP contribution in [0, 0.1) is 6.92 Å². The average Bonchev–Trinajstić information content (AvgIpc) is 2.42. The molecule has 0 saturated heterocycles. The van der Waals surface area contributed by atoms with Gasteiger partial charge in [0.05, 0.1) is 17.9 Å². The molecule has 1 aliphatic heterocycles. The molecule has 1 aromatic heterocycles. The fourth-order valence-corrected chi connectivity index (χ4v) is 2.02. The van der Waals surface area contributed by atoms with Crippen molar-refractivity contribution >= 4 is 0 Å². The Labute approximate surface area is 79.3 Å². The van der Waals surface area contributed by atoms with Crippen molar-refractivity contribution in [3.8, 4) is 0 Å². The van der Waals surface area contributed by atoms with Gasteiger partial charge in [0, 0.05) is 12.1 Å². The van der Waals surface area contributed by atoms with Crippen LogP contribution >= 0.6 is 0 Å². The van der Waals surface area contributed by atoms with Crippen LogP contribution < -0.4 is 0 Å². The minimum absolute atomic E-state index is 0.491. The van der Waals surface area contributed by atoms with Gasteiger partial charge in [0.25, 0.3) is 0 Å². The topological polar surface area (TPSA) is 21.1 Å². The number of likely N-dealkylation sites (N-methyl/N-ethyl adjacent to an activating group) is 1. The zero-order valence-corrected chi connectivity index (χ0v) is 8.78. The number of aromatic nitrogens is 2. The van der Waals surface area contributed by atoms with Crippen LogP contribution in [0.25, 0.3) is 0 Å². The van der Waals surface area contributed by atoms with Crippen LogP contribution in [0.2, 0.25) is 0 Å². The summed E-state index contributed by atoms with van der Waals surface area (Å²) < 4.78 is 2.14. The Morgan fingerprint density at radius 2 is 2.15 bits per heavy atom. The molecule has 2 unspecified atom stereocenters. The SMILES string of the molecule is Cc1cc2n(n1)CC(C)N(C)C2C. The molecule has 3 nitrogen and oxygen atoms in total. The molecular weight excluding hydrogens is 162 g/mol. The monoisotopic (exact) mass is 179 g/mol. The largest absolute Gasteiger partial charge is 0.294 e. The van der Waals surface area contributed by atoms with Crippen molar-refractivity contribution in [3.63, 3.8) is 0 Å². The quantitative estimate of drug-likeness (QED) is 0.603. The second-order valence-electron chi connectivity index (χ2n) is 4.08. The van der Waals surface area contributed by atoms with Crippen molar-refractivity contribution in [2.24, 2.45) is 0 Å². The van der Waals surface area contributed by atoms with Gasteiger partial charge in [-0.05, 0) is 33.9 Å². The van der Waals surface area contributed by atoms with E-state index in [0.717, 1.165) is 12.2 Å². The van der Waals surface area contributed by atoms with E-state index in [4.69, 9.17) is 0 Å². The Hall–Kier alpha value is -0.830. The molecule has 72 valence electrons. The Morgan fingerprint density at radius 3 is 2.85 bits per heavy atom. The molecule has 13 heavy (non-hydrogen) atoms. The maximum atomic E-state index is 4.48. The van der Waals surface area contributed by atoms with Crippen molar-refractivity contribution in [3.05, 3.63) is 17.5 Å². The first kappa shape index (κ1) is 8.75. The van der Waals surface area contributed by atoms with Crippen LogP contribution in [0.5, 0.6) is 0 Å². The Balaban J connectivity index is 2.42. The van der Waals surface area contributed by atoms with E-state index in [2.05, 4.69) is 48.6 Å². The van der Waals surface area contributed by atoms with Gasteiger partial charge in [0.15, 0.2) is 0 Å². The van der Waals surface area contributed by atoms with Crippen LogP contribution in [0.4, 0.5) is 0 Å². The molecule has 0 radical (unpaired) electrons. The number of rotatable bonds is 0. The highest BCUT2D eigenvalue weighted by Crippen LogP contribution is 2.26. The van der Waals surface area contributed by atoms with Gasteiger partial charge in [0.2, 0.25) is 0 Å². The minimum Gasteiger partial charge on any atom is -0.294 e. The zero-order chi connectivity index (χ0) is 9.59. The molecule has 1 aromatic rings. The molecule has 0 spiro atoms. The van der Waals surface area contributed by atoms with E-state index < -0.39 is 0 Å². The lowest BCUT2D eigenvalue weighted by molar-refractivity contribution is 0.137. The van der Waals surface area contributed by atoms with E-state index in [0.29, 0.717) is 12.1 Å². The van der Waals surface area contributed by atoms with Crippen molar-refractivity contribution in [1.29, 1.82) is 0 Å². The van der Waals surface area contributed by atoms with Crippen LogP contribution in [0.1, 0.15) is 31.3 Å². The van der Waals surface area contributed by atoms with E-state index in [9.17, 15) is 0 Å². The average molecular weight is 179 g/mol. The summed E-state index contributed by atoms with van der Waals surface area (Å²) in [6.07, 6.45) is 0. The van der Waals surface area contributed by atoms with Gasteiger partial charge in [0.1, 0.15) is 0 Å². The summed E-state index contributed by atoms with van der Waals surface area (Å²) in [6, 6.07) is 3.26. The van der Waals surface area contributed by atoms with Gasteiger partial charge in [-0.1, -0.05) is 0 Å². The first-order chi connectivity index (χ1) is 6.09. The molecule has 2 atom stereocenters. The molecule has 0 N–H and O–H groups in total. The van der Waals surface area contributed by atoms with Gasteiger partial charge in [-0.2, -0.15) is 5.10 Å². The van der Waals surface area contributed by atoms with E-state index >= 15 is 0 Å². The molecule has 3 heteroatoms. The minimum atomic E-state index is 0.491. The van der Waals surface area contributed by atoms with Crippen molar-refractivity contribution in [2.75, 3.05) is 7.05 Å². The smallest absolute Gasteiger partial charge is 0.0597 e. The molecular formula is C10H17N3. The summed E-state index contributed by atoms with van der Waals surface area (Å²) in [5.41, 5.74) is 2.47. The summed E-state index contributed by atoms with van der Waals surface area (Å²) in [7, 11) is 2.18. The lowest BCUT2D eigenvalue weighted by Gasteiger charge is -2.36. The molecule has 0 amide bonds. The summed E-state index contributed by atoms with van der Waals surface area (Å²) in [5, 5.41) is 4.48. The number of aryl methyl sites for hydroxylation is 1.